The first kappa shape index (κ1) is 24.3. The summed E-state index contributed by atoms with van der Waals surface area (Å²) in [7, 11) is 0. The van der Waals surface area contributed by atoms with E-state index in [9.17, 15) is 27.2 Å². The van der Waals surface area contributed by atoms with E-state index >= 15 is 0 Å². The molecule has 1 N–H and O–H groups in total. The molecule has 0 saturated carbocycles. The van der Waals surface area contributed by atoms with Gasteiger partial charge in [0.2, 0.25) is 0 Å². The van der Waals surface area contributed by atoms with E-state index in [4.69, 9.17) is 14.6 Å². The SMILES string of the molecule is C[C@@H](c1ccc(OCC(F)(F)F)cc1)N1CCC(CCC(=O)O)(c2ccc(F)cc2)OC1=O. The summed E-state index contributed by atoms with van der Waals surface area (Å²) in [5.74, 6) is -1.46. The molecule has 2 aromatic carbocycles. The number of cyclic esters (lactones) is 1. The van der Waals surface area contributed by atoms with Crippen LogP contribution in [0, 0.1) is 5.82 Å². The van der Waals surface area contributed by atoms with Crippen molar-refractivity contribution in [2.75, 3.05) is 13.2 Å². The van der Waals surface area contributed by atoms with Gasteiger partial charge in [0.05, 0.1) is 6.04 Å². The highest BCUT2D eigenvalue weighted by atomic mass is 19.4. The molecule has 0 radical (unpaired) electrons. The number of hydrogen-bond acceptors (Lipinski definition) is 4. The van der Waals surface area contributed by atoms with Gasteiger partial charge in [0.15, 0.2) is 6.61 Å². The molecule has 0 aliphatic carbocycles. The van der Waals surface area contributed by atoms with Gasteiger partial charge in [0.1, 0.15) is 17.2 Å². The van der Waals surface area contributed by atoms with Gasteiger partial charge in [0, 0.05) is 25.8 Å². The van der Waals surface area contributed by atoms with Crippen molar-refractivity contribution in [2.24, 2.45) is 0 Å². The average Bonchev–Trinajstić information content (AvgIpc) is 2.76. The summed E-state index contributed by atoms with van der Waals surface area (Å²) in [4.78, 5) is 25.5. The van der Waals surface area contributed by atoms with Crippen LogP contribution >= 0.6 is 0 Å². The van der Waals surface area contributed by atoms with Gasteiger partial charge in [0.25, 0.3) is 0 Å². The Balaban J connectivity index is 1.73. The second-order valence-corrected chi connectivity index (χ2v) is 7.86. The second-order valence-electron chi connectivity index (χ2n) is 7.86. The topological polar surface area (TPSA) is 76.1 Å². The number of carboxylic acids is 1. The van der Waals surface area contributed by atoms with Gasteiger partial charge < -0.3 is 19.5 Å². The third kappa shape index (κ3) is 6.15. The fraction of sp³-hybridized carbons (Fsp3) is 0.391. The Bertz CT molecular complexity index is 978. The molecule has 0 aromatic heterocycles. The highest BCUT2D eigenvalue weighted by molar-refractivity contribution is 5.71. The van der Waals surface area contributed by atoms with Crippen LogP contribution in [0.15, 0.2) is 48.5 Å². The molecule has 0 bridgehead atoms. The number of carbonyl (C=O) groups excluding carboxylic acids is 1. The molecule has 2 aromatic rings. The van der Waals surface area contributed by atoms with E-state index in [-0.39, 0.29) is 31.6 Å². The molecule has 178 valence electrons. The molecular weight excluding hydrogens is 446 g/mol. The molecular formula is C23H23F4NO5. The van der Waals surface area contributed by atoms with E-state index in [1.807, 2.05) is 0 Å². The number of aliphatic carboxylic acids is 1. The monoisotopic (exact) mass is 469 g/mol. The molecule has 6 nitrogen and oxygen atoms in total. The lowest BCUT2D eigenvalue weighted by molar-refractivity contribution is -0.153. The summed E-state index contributed by atoms with van der Waals surface area (Å²) in [6.07, 6.45) is -5.02. The maximum Gasteiger partial charge on any atom is 0.422 e. The van der Waals surface area contributed by atoms with Crippen molar-refractivity contribution in [1.29, 1.82) is 0 Å². The second kappa shape index (κ2) is 9.68. The number of nitrogens with zero attached hydrogens (tertiary/aromatic N) is 1. The van der Waals surface area contributed by atoms with Crippen LogP contribution in [0.3, 0.4) is 0 Å². The van der Waals surface area contributed by atoms with Crippen LogP contribution in [0.25, 0.3) is 0 Å². The van der Waals surface area contributed by atoms with Gasteiger partial charge in [-0.25, -0.2) is 9.18 Å². The molecule has 2 atom stereocenters. The highest BCUT2D eigenvalue weighted by Crippen LogP contribution is 2.40. The zero-order valence-corrected chi connectivity index (χ0v) is 17.8. The summed E-state index contributed by atoms with van der Waals surface area (Å²) in [5, 5.41) is 9.13. The van der Waals surface area contributed by atoms with Crippen LogP contribution in [-0.2, 0) is 15.1 Å². The molecule has 1 aliphatic heterocycles. The van der Waals surface area contributed by atoms with Crippen molar-refractivity contribution in [3.8, 4) is 5.75 Å². The number of amides is 1. The van der Waals surface area contributed by atoms with Crippen LogP contribution in [0.5, 0.6) is 5.75 Å². The smallest absolute Gasteiger partial charge is 0.422 e. The summed E-state index contributed by atoms with van der Waals surface area (Å²) in [5.41, 5.74) is -0.0302. The lowest BCUT2D eigenvalue weighted by Gasteiger charge is -2.43. The van der Waals surface area contributed by atoms with E-state index in [1.165, 1.54) is 41.3 Å². The molecule has 1 fully saturated rings. The largest absolute Gasteiger partial charge is 0.484 e. The van der Waals surface area contributed by atoms with Crippen molar-refractivity contribution in [3.05, 3.63) is 65.5 Å². The number of carbonyl (C=O) groups is 2. The van der Waals surface area contributed by atoms with Gasteiger partial charge in [-0.3, -0.25) is 4.79 Å². The molecule has 3 rings (SSSR count). The number of carboxylic acid groups (broad SMARTS) is 1. The Morgan fingerprint density at radius 1 is 1.18 bits per heavy atom. The fourth-order valence-electron chi connectivity index (χ4n) is 3.79. The summed E-state index contributed by atoms with van der Waals surface area (Å²) in [6.45, 7) is 0.584. The first-order valence-electron chi connectivity index (χ1n) is 10.3. The zero-order chi connectivity index (χ0) is 24.2. The van der Waals surface area contributed by atoms with Gasteiger partial charge in [-0.2, -0.15) is 13.2 Å². The summed E-state index contributed by atoms with van der Waals surface area (Å²) >= 11 is 0. The lowest BCUT2D eigenvalue weighted by Crippen LogP contribution is -2.49. The minimum atomic E-state index is -4.44. The molecule has 1 aliphatic rings. The normalized spacial score (nSPS) is 19.7. The van der Waals surface area contributed by atoms with Crippen molar-refractivity contribution < 1.29 is 41.7 Å². The number of benzene rings is 2. The zero-order valence-electron chi connectivity index (χ0n) is 17.8. The number of rotatable bonds is 8. The van der Waals surface area contributed by atoms with Crippen molar-refractivity contribution in [3.63, 3.8) is 0 Å². The summed E-state index contributed by atoms with van der Waals surface area (Å²) in [6, 6.07) is 10.9. The van der Waals surface area contributed by atoms with Gasteiger partial charge >= 0.3 is 18.2 Å². The number of hydrogen-bond donors (Lipinski definition) is 1. The first-order valence-corrected chi connectivity index (χ1v) is 10.3. The quantitative estimate of drug-likeness (QED) is 0.522. The third-order valence-corrected chi connectivity index (χ3v) is 5.62. The average molecular weight is 469 g/mol. The van der Waals surface area contributed by atoms with E-state index in [0.29, 0.717) is 11.1 Å². The Morgan fingerprint density at radius 3 is 2.36 bits per heavy atom. The first-order chi connectivity index (χ1) is 15.5. The van der Waals surface area contributed by atoms with Gasteiger partial charge in [-0.15, -0.1) is 0 Å². The van der Waals surface area contributed by atoms with E-state index < -0.39 is 42.3 Å². The van der Waals surface area contributed by atoms with Crippen LogP contribution in [0.2, 0.25) is 0 Å². The van der Waals surface area contributed by atoms with Crippen LogP contribution in [0.4, 0.5) is 22.4 Å². The van der Waals surface area contributed by atoms with E-state index in [0.717, 1.165) is 0 Å². The Labute approximate surface area is 187 Å². The van der Waals surface area contributed by atoms with E-state index in [2.05, 4.69) is 0 Å². The van der Waals surface area contributed by atoms with Crippen LogP contribution in [-0.4, -0.2) is 41.4 Å². The molecule has 1 heterocycles. The van der Waals surface area contributed by atoms with Gasteiger partial charge in [-0.1, -0.05) is 24.3 Å². The maximum absolute atomic E-state index is 13.4. The third-order valence-electron chi connectivity index (χ3n) is 5.62. The molecule has 1 unspecified atom stereocenters. The minimum absolute atomic E-state index is 0.0349. The van der Waals surface area contributed by atoms with Gasteiger partial charge in [-0.05, 0) is 42.3 Å². The Morgan fingerprint density at radius 2 is 1.82 bits per heavy atom. The van der Waals surface area contributed by atoms with Crippen LogP contribution in [0.1, 0.15) is 43.4 Å². The molecule has 10 heteroatoms. The number of alkyl halides is 3. The van der Waals surface area contributed by atoms with Crippen molar-refractivity contribution in [2.45, 2.75) is 44.0 Å². The maximum atomic E-state index is 13.4. The Kier molecular flexibility index (Phi) is 7.14. The summed E-state index contributed by atoms with van der Waals surface area (Å²) < 4.78 is 60.8. The highest BCUT2D eigenvalue weighted by Gasteiger charge is 2.43. The molecule has 33 heavy (non-hydrogen) atoms. The fourth-order valence-corrected chi connectivity index (χ4v) is 3.79. The van der Waals surface area contributed by atoms with Crippen molar-refractivity contribution >= 4 is 12.1 Å². The van der Waals surface area contributed by atoms with Crippen LogP contribution < -0.4 is 4.74 Å². The standard InChI is InChI=1S/C23H23F4NO5/c1-15(16-2-8-19(9-3-16)32-14-23(25,26)27)28-13-12-22(33-21(28)31,11-10-20(29)30)17-4-6-18(24)7-5-17/h2-9,15H,10-14H2,1H3,(H,29,30)/t15-,22?/m0/s1. The number of halogens is 4. The lowest BCUT2D eigenvalue weighted by atomic mass is 9.84. The molecule has 0 spiro atoms. The van der Waals surface area contributed by atoms with Crippen molar-refractivity contribution in [1.82, 2.24) is 4.90 Å². The Hall–Kier alpha value is -3.30. The predicted octanol–water partition coefficient (Wildman–Crippen LogP) is 5.43. The molecule has 1 amide bonds. The molecule has 1 saturated heterocycles. The predicted molar refractivity (Wildman–Crippen MR) is 109 cm³/mol. The van der Waals surface area contributed by atoms with E-state index in [1.54, 1.807) is 19.1 Å². The number of ether oxygens (including phenoxy) is 2. The minimum Gasteiger partial charge on any atom is -0.484 e.